The number of amides is 4. The first-order valence-corrected chi connectivity index (χ1v) is 26.2. The summed E-state index contributed by atoms with van der Waals surface area (Å²) in [5, 5.41) is 7.88. The van der Waals surface area contributed by atoms with Crippen LogP contribution in [0, 0.1) is 11.6 Å². The minimum Gasteiger partial charge on any atom is -0.493 e. The molecule has 22 heteroatoms. The average Bonchev–Trinajstić information content (AvgIpc) is 3.45. The van der Waals surface area contributed by atoms with Gasteiger partial charge in [-0.3, -0.25) is 0 Å². The van der Waals surface area contributed by atoms with E-state index in [4.69, 9.17) is 51.6 Å². The molecule has 0 bridgehead atoms. The highest BCUT2D eigenvalue weighted by Gasteiger charge is 2.33. The quantitative estimate of drug-likeness (QED) is 0.118. The van der Waals surface area contributed by atoms with Crippen molar-refractivity contribution in [1.82, 2.24) is 39.5 Å². The number of carbonyl (C=O) groups excluding carboxylic acids is 2. The highest BCUT2D eigenvalue weighted by Crippen LogP contribution is 2.40. The summed E-state index contributed by atoms with van der Waals surface area (Å²) in [6.45, 7) is 4.91. The molecule has 10 rings (SSSR count). The number of ether oxygens (including phenoxy) is 6. The molecule has 2 N–H and O–H groups in total. The number of nitrogens with one attached hydrogen (secondary N) is 2. The van der Waals surface area contributed by atoms with Gasteiger partial charge >= 0.3 is 12.1 Å². The molecule has 76 heavy (non-hydrogen) atoms. The van der Waals surface area contributed by atoms with Crippen LogP contribution in [0.2, 0.25) is 10.0 Å². The Kier molecular flexibility index (Phi) is 17.7. The lowest BCUT2D eigenvalue weighted by Crippen LogP contribution is -2.51. The van der Waals surface area contributed by atoms with Gasteiger partial charge in [0.05, 0.1) is 73.9 Å². The van der Waals surface area contributed by atoms with Gasteiger partial charge in [0.1, 0.15) is 35.9 Å². The normalized spacial score (nSPS) is 19.7. The molecule has 4 heterocycles. The lowest BCUT2D eigenvalue weighted by Gasteiger charge is -2.38. The number of rotatable bonds is 12. The van der Waals surface area contributed by atoms with Gasteiger partial charge in [0.2, 0.25) is 0 Å². The molecule has 4 aliphatic rings. The Morgan fingerprint density at radius 3 is 1.30 bits per heavy atom. The minimum absolute atomic E-state index is 0.0126. The summed E-state index contributed by atoms with van der Waals surface area (Å²) in [6, 6.07) is 16.6. The van der Waals surface area contributed by atoms with Crippen molar-refractivity contribution in [2.45, 2.75) is 75.7 Å². The van der Waals surface area contributed by atoms with Crippen molar-refractivity contribution in [3.63, 3.8) is 0 Å². The number of morpholine rings is 2. The first kappa shape index (κ1) is 54.1. The first-order chi connectivity index (χ1) is 36.8. The third kappa shape index (κ3) is 12.9. The average molecular weight is 1090 g/mol. The lowest BCUT2D eigenvalue weighted by atomic mass is 9.92. The molecule has 0 atom stereocenters. The van der Waals surface area contributed by atoms with Crippen molar-refractivity contribution in [2.24, 2.45) is 0 Å². The molecule has 6 aromatic rings. The van der Waals surface area contributed by atoms with Gasteiger partial charge in [-0.15, -0.1) is 0 Å². The van der Waals surface area contributed by atoms with E-state index < -0.39 is 11.6 Å². The highest BCUT2D eigenvalue weighted by molar-refractivity contribution is 6.31. The van der Waals surface area contributed by atoms with E-state index in [9.17, 15) is 18.4 Å². The van der Waals surface area contributed by atoms with Gasteiger partial charge in [0.25, 0.3) is 0 Å². The molecule has 2 aromatic heterocycles. The monoisotopic (exact) mass is 1090 g/mol. The zero-order chi connectivity index (χ0) is 53.3. The fourth-order valence-corrected chi connectivity index (χ4v) is 10.3. The summed E-state index contributed by atoms with van der Waals surface area (Å²) in [4.78, 5) is 50.7. The van der Waals surface area contributed by atoms with Crippen LogP contribution in [-0.2, 0) is 9.47 Å². The van der Waals surface area contributed by atoms with E-state index in [1.165, 1.54) is 36.9 Å². The molecule has 2 aliphatic heterocycles. The van der Waals surface area contributed by atoms with Crippen LogP contribution in [0.1, 0.15) is 51.4 Å². The van der Waals surface area contributed by atoms with Crippen molar-refractivity contribution >= 4 is 80.1 Å². The Morgan fingerprint density at radius 1 is 0.566 bits per heavy atom. The number of benzene rings is 4. The molecule has 2 saturated heterocycles. The molecular weight excluding hydrogens is 1030 g/mol. The maximum absolute atomic E-state index is 13.6. The van der Waals surface area contributed by atoms with Gasteiger partial charge in [-0.2, -0.15) is 0 Å². The van der Waals surface area contributed by atoms with Crippen molar-refractivity contribution in [2.75, 3.05) is 91.6 Å². The number of urea groups is 2. The van der Waals surface area contributed by atoms with E-state index in [2.05, 4.69) is 30.6 Å². The number of aromatic nitrogens is 4. The summed E-state index contributed by atoms with van der Waals surface area (Å²) in [6.07, 6.45) is 9.56. The predicted octanol–water partition coefficient (Wildman–Crippen LogP) is 10.5. The second-order valence-corrected chi connectivity index (χ2v) is 19.9. The molecular formula is C54H62Cl2F2N10O8. The van der Waals surface area contributed by atoms with Crippen LogP contribution in [0.15, 0.2) is 73.3 Å². The smallest absolute Gasteiger partial charge is 0.320 e. The van der Waals surface area contributed by atoms with Crippen LogP contribution in [0.5, 0.6) is 23.0 Å². The first-order valence-electron chi connectivity index (χ1n) is 25.5. The minimum atomic E-state index is -0.489. The van der Waals surface area contributed by atoms with Gasteiger partial charge < -0.3 is 58.7 Å². The summed E-state index contributed by atoms with van der Waals surface area (Å²) < 4.78 is 62.0. The van der Waals surface area contributed by atoms with Crippen LogP contribution in [0.25, 0.3) is 21.8 Å². The van der Waals surface area contributed by atoms with Gasteiger partial charge in [0, 0.05) is 86.6 Å². The van der Waals surface area contributed by atoms with E-state index in [0.717, 1.165) is 62.1 Å². The summed E-state index contributed by atoms with van der Waals surface area (Å²) in [5.74, 6) is 2.44. The number of hydrogen-bond acceptors (Lipinski definition) is 14. The van der Waals surface area contributed by atoms with Gasteiger partial charge in [0.15, 0.2) is 23.0 Å². The van der Waals surface area contributed by atoms with Crippen LogP contribution >= 0.6 is 23.2 Å². The molecule has 18 nitrogen and oxygen atoms in total. The summed E-state index contributed by atoms with van der Waals surface area (Å²) in [5.41, 5.74) is 2.55. The van der Waals surface area contributed by atoms with Gasteiger partial charge in [-0.25, -0.2) is 38.3 Å². The molecule has 404 valence electrons. The zero-order valence-electron chi connectivity index (χ0n) is 42.9. The molecule has 0 radical (unpaired) electrons. The second-order valence-electron chi connectivity index (χ2n) is 19.1. The SMILES string of the molecule is COc1cc2ncnc(Nc3ccc(F)c(Cl)c3)c2cc1OC1CCC(N(C)C(=O)N2CCOCC2)CC1.COc1cc2ncnc(Nc3ccc(F)c(Cl)c3)c2cc1OC1CCC(N(C)C(=O)N2CCOCC2)CC1. The van der Waals surface area contributed by atoms with E-state index in [1.54, 1.807) is 26.4 Å². The Labute approximate surface area is 449 Å². The largest absolute Gasteiger partial charge is 0.493 e. The third-order valence-electron chi connectivity index (χ3n) is 14.3. The topological polar surface area (TPSA) is 178 Å². The van der Waals surface area contributed by atoms with E-state index >= 15 is 0 Å². The molecule has 4 aromatic carbocycles. The predicted molar refractivity (Wildman–Crippen MR) is 286 cm³/mol. The zero-order valence-corrected chi connectivity index (χ0v) is 44.4. The van der Waals surface area contributed by atoms with Crippen LogP contribution in [-0.4, -0.2) is 157 Å². The third-order valence-corrected chi connectivity index (χ3v) is 14.9. The van der Waals surface area contributed by atoms with E-state index in [0.29, 0.717) is 110 Å². The van der Waals surface area contributed by atoms with Gasteiger partial charge in [-0.05, 0) is 99.9 Å². The van der Waals surface area contributed by atoms with Crippen LogP contribution in [0.3, 0.4) is 0 Å². The number of nitrogens with zero attached hydrogens (tertiary/aromatic N) is 8. The van der Waals surface area contributed by atoms with Crippen molar-refractivity contribution < 1.29 is 46.8 Å². The number of halogens is 4. The van der Waals surface area contributed by atoms with E-state index in [1.807, 2.05) is 58.0 Å². The fraction of sp³-hybridized carbons (Fsp3) is 0.444. The fourth-order valence-electron chi connectivity index (χ4n) is 9.98. The highest BCUT2D eigenvalue weighted by atomic mass is 35.5. The Balaban J connectivity index is 0.000000186. The number of hydrogen-bond donors (Lipinski definition) is 2. The Hall–Kier alpha value is -6.74. The summed E-state index contributed by atoms with van der Waals surface area (Å²) >= 11 is 11.9. The van der Waals surface area contributed by atoms with E-state index in [-0.39, 0.29) is 46.4 Å². The number of carbonyl (C=O) groups is 2. The maximum atomic E-state index is 13.6. The second kappa shape index (κ2) is 24.9. The molecule has 4 fully saturated rings. The maximum Gasteiger partial charge on any atom is 0.320 e. The Bertz CT molecular complexity index is 2790. The number of anilines is 4. The van der Waals surface area contributed by atoms with Crippen molar-refractivity contribution in [1.29, 1.82) is 0 Å². The molecule has 0 spiro atoms. The number of fused-ring (bicyclic) bond motifs is 2. The number of methoxy groups -OCH3 is 2. The van der Waals surface area contributed by atoms with Crippen LogP contribution in [0.4, 0.5) is 41.4 Å². The lowest BCUT2D eigenvalue weighted by molar-refractivity contribution is 0.0369. The molecule has 2 saturated carbocycles. The van der Waals surface area contributed by atoms with Crippen molar-refractivity contribution in [3.8, 4) is 23.0 Å². The Morgan fingerprint density at radius 2 is 0.947 bits per heavy atom. The molecule has 2 aliphatic carbocycles. The van der Waals surface area contributed by atoms with Crippen molar-refractivity contribution in [3.05, 3.63) is 95.0 Å². The van der Waals surface area contributed by atoms with Crippen LogP contribution < -0.4 is 29.6 Å². The molecule has 0 unspecified atom stereocenters. The standard InChI is InChI=1S/2C27H31ClFN5O4/c2*1-33(27(35)34-9-11-37-12-10-34)18-4-6-19(7-5-18)38-25-14-20-23(15-24(25)36-2)30-16-31-26(20)32-17-3-8-22(29)21(28)13-17/h2*3,8,13-16,18-19H,4-7,9-12H2,1-2H3,(H,30,31,32). The summed E-state index contributed by atoms with van der Waals surface area (Å²) in [7, 11) is 6.97. The van der Waals surface area contributed by atoms with Gasteiger partial charge in [-0.1, -0.05) is 23.2 Å². The molecule has 4 amide bonds.